The monoisotopic (exact) mass is 193 g/mol. The minimum absolute atomic E-state index is 0.517. The smallest absolute Gasteiger partial charge is 0.328 e. The SMILES string of the molecule is COc1ccc(N)c(C=CC(=O)O)c1. The second-order valence-electron chi connectivity index (χ2n) is 2.67. The lowest BCUT2D eigenvalue weighted by Crippen LogP contribution is -1.92. The zero-order chi connectivity index (χ0) is 10.6. The molecule has 0 aliphatic heterocycles. The number of ether oxygens (including phenoxy) is 1. The van der Waals surface area contributed by atoms with E-state index in [0.29, 0.717) is 17.0 Å². The van der Waals surface area contributed by atoms with Crippen LogP contribution in [-0.2, 0) is 4.79 Å². The molecule has 0 saturated heterocycles. The first-order valence-corrected chi connectivity index (χ1v) is 3.98. The third-order valence-electron chi connectivity index (χ3n) is 1.70. The number of benzene rings is 1. The van der Waals surface area contributed by atoms with Crippen LogP contribution >= 0.6 is 0 Å². The zero-order valence-electron chi connectivity index (χ0n) is 7.73. The minimum Gasteiger partial charge on any atom is -0.497 e. The summed E-state index contributed by atoms with van der Waals surface area (Å²) in [6.45, 7) is 0. The van der Waals surface area contributed by atoms with Crippen molar-refractivity contribution < 1.29 is 14.6 Å². The molecular formula is C10H11NO3. The number of methoxy groups -OCH3 is 1. The molecule has 74 valence electrons. The zero-order valence-corrected chi connectivity index (χ0v) is 7.73. The molecule has 1 rings (SSSR count). The van der Waals surface area contributed by atoms with Crippen molar-refractivity contribution in [3.05, 3.63) is 29.8 Å². The van der Waals surface area contributed by atoms with Gasteiger partial charge < -0.3 is 15.6 Å². The molecule has 4 nitrogen and oxygen atoms in total. The Balaban J connectivity index is 3.00. The highest BCUT2D eigenvalue weighted by Crippen LogP contribution is 2.20. The van der Waals surface area contributed by atoms with Crippen LogP contribution in [-0.4, -0.2) is 18.2 Å². The Labute approximate surface area is 81.6 Å². The second kappa shape index (κ2) is 4.32. The van der Waals surface area contributed by atoms with Crippen molar-refractivity contribution >= 4 is 17.7 Å². The summed E-state index contributed by atoms with van der Waals surface area (Å²) >= 11 is 0. The summed E-state index contributed by atoms with van der Waals surface area (Å²) in [5.41, 5.74) is 6.78. The van der Waals surface area contributed by atoms with Gasteiger partial charge in [-0.1, -0.05) is 0 Å². The molecule has 4 heteroatoms. The van der Waals surface area contributed by atoms with Gasteiger partial charge in [0.2, 0.25) is 0 Å². The average molecular weight is 193 g/mol. The van der Waals surface area contributed by atoms with E-state index in [1.54, 1.807) is 18.2 Å². The van der Waals surface area contributed by atoms with E-state index >= 15 is 0 Å². The molecule has 1 aromatic rings. The molecule has 0 heterocycles. The molecule has 14 heavy (non-hydrogen) atoms. The van der Waals surface area contributed by atoms with Gasteiger partial charge in [0.15, 0.2) is 0 Å². The van der Waals surface area contributed by atoms with Crippen molar-refractivity contribution in [3.8, 4) is 5.75 Å². The number of nitrogen functional groups attached to an aromatic ring is 1. The van der Waals surface area contributed by atoms with E-state index in [0.717, 1.165) is 6.08 Å². The number of hydrogen-bond donors (Lipinski definition) is 2. The lowest BCUT2D eigenvalue weighted by molar-refractivity contribution is -0.131. The summed E-state index contributed by atoms with van der Waals surface area (Å²) in [4.78, 5) is 10.3. The Bertz CT molecular complexity index is 372. The Hall–Kier alpha value is -1.97. The van der Waals surface area contributed by atoms with Crippen LogP contribution < -0.4 is 10.5 Å². The van der Waals surface area contributed by atoms with E-state index in [9.17, 15) is 4.79 Å². The molecule has 0 saturated carbocycles. The quantitative estimate of drug-likeness (QED) is 0.561. The number of rotatable bonds is 3. The lowest BCUT2D eigenvalue weighted by Gasteiger charge is -2.03. The molecule has 0 radical (unpaired) electrons. The number of anilines is 1. The van der Waals surface area contributed by atoms with Gasteiger partial charge in [-0.05, 0) is 24.3 Å². The molecule has 0 spiro atoms. The van der Waals surface area contributed by atoms with Gasteiger partial charge in [0, 0.05) is 17.3 Å². The highest BCUT2D eigenvalue weighted by Gasteiger charge is 1.98. The van der Waals surface area contributed by atoms with E-state index in [4.69, 9.17) is 15.6 Å². The molecule has 0 bridgehead atoms. The third-order valence-corrected chi connectivity index (χ3v) is 1.70. The van der Waals surface area contributed by atoms with Crippen LogP contribution in [0.4, 0.5) is 5.69 Å². The number of carboxylic acids is 1. The molecule has 0 atom stereocenters. The standard InChI is InChI=1S/C10H11NO3/c1-14-8-3-4-9(11)7(6-8)2-5-10(12)13/h2-6H,11H2,1H3,(H,12,13). The molecule has 1 aromatic carbocycles. The molecule has 0 unspecified atom stereocenters. The summed E-state index contributed by atoms with van der Waals surface area (Å²) < 4.78 is 4.98. The maximum absolute atomic E-state index is 10.3. The van der Waals surface area contributed by atoms with Crippen LogP contribution in [0.1, 0.15) is 5.56 Å². The molecule has 0 aliphatic rings. The maximum atomic E-state index is 10.3. The van der Waals surface area contributed by atoms with Gasteiger partial charge in [0.25, 0.3) is 0 Å². The van der Waals surface area contributed by atoms with E-state index in [1.165, 1.54) is 13.2 Å². The van der Waals surface area contributed by atoms with Crippen molar-refractivity contribution in [2.45, 2.75) is 0 Å². The first-order chi connectivity index (χ1) is 6.63. The van der Waals surface area contributed by atoms with E-state index in [2.05, 4.69) is 0 Å². The molecule has 0 aliphatic carbocycles. The maximum Gasteiger partial charge on any atom is 0.328 e. The predicted molar refractivity (Wildman–Crippen MR) is 54.1 cm³/mol. The van der Waals surface area contributed by atoms with Gasteiger partial charge in [-0.15, -0.1) is 0 Å². The lowest BCUT2D eigenvalue weighted by atomic mass is 10.1. The largest absolute Gasteiger partial charge is 0.497 e. The van der Waals surface area contributed by atoms with Crippen LogP contribution in [0.25, 0.3) is 6.08 Å². The van der Waals surface area contributed by atoms with Crippen molar-refractivity contribution in [2.24, 2.45) is 0 Å². The van der Waals surface area contributed by atoms with Crippen LogP contribution in [0.5, 0.6) is 5.75 Å². The van der Waals surface area contributed by atoms with Gasteiger partial charge in [-0.25, -0.2) is 4.79 Å². The first kappa shape index (κ1) is 10.1. The number of carbonyl (C=O) groups is 1. The summed E-state index contributed by atoms with van der Waals surface area (Å²) in [6, 6.07) is 5.06. The normalized spacial score (nSPS) is 10.4. The predicted octanol–water partition coefficient (Wildman–Crippen LogP) is 1.38. The number of aliphatic carboxylic acids is 1. The minimum atomic E-state index is -1.01. The van der Waals surface area contributed by atoms with E-state index in [1.807, 2.05) is 0 Å². The Morgan fingerprint density at radius 1 is 1.57 bits per heavy atom. The highest BCUT2D eigenvalue weighted by molar-refractivity contribution is 5.86. The molecule has 0 fully saturated rings. The summed E-state index contributed by atoms with van der Waals surface area (Å²) in [7, 11) is 1.54. The molecule has 3 N–H and O–H groups in total. The van der Waals surface area contributed by atoms with Crippen LogP contribution in [0, 0.1) is 0 Å². The average Bonchev–Trinajstić information content (AvgIpc) is 2.16. The third kappa shape index (κ3) is 2.52. The molecule has 0 amide bonds. The summed E-state index contributed by atoms with van der Waals surface area (Å²) in [5, 5.41) is 8.43. The van der Waals surface area contributed by atoms with Crippen LogP contribution in [0.15, 0.2) is 24.3 Å². The van der Waals surface area contributed by atoms with Crippen molar-refractivity contribution in [3.63, 3.8) is 0 Å². The van der Waals surface area contributed by atoms with Crippen LogP contribution in [0.2, 0.25) is 0 Å². The number of hydrogen-bond acceptors (Lipinski definition) is 3. The van der Waals surface area contributed by atoms with Gasteiger partial charge in [-0.3, -0.25) is 0 Å². The van der Waals surface area contributed by atoms with E-state index in [-0.39, 0.29) is 0 Å². The topological polar surface area (TPSA) is 72.5 Å². The number of carboxylic acid groups (broad SMARTS) is 1. The second-order valence-corrected chi connectivity index (χ2v) is 2.67. The fourth-order valence-corrected chi connectivity index (χ4v) is 0.985. The Kier molecular flexibility index (Phi) is 3.12. The summed E-state index contributed by atoms with van der Waals surface area (Å²) in [5.74, 6) is -0.364. The fourth-order valence-electron chi connectivity index (χ4n) is 0.985. The van der Waals surface area contributed by atoms with E-state index < -0.39 is 5.97 Å². The Morgan fingerprint density at radius 3 is 2.86 bits per heavy atom. The van der Waals surface area contributed by atoms with Gasteiger partial charge in [-0.2, -0.15) is 0 Å². The Morgan fingerprint density at radius 2 is 2.29 bits per heavy atom. The molecule has 0 aromatic heterocycles. The van der Waals surface area contributed by atoms with Crippen molar-refractivity contribution in [2.75, 3.05) is 12.8 Å². The molecular weight excluding hydrogens is 182 g/mol. The first-order valence-electron chi connectivity index (χ1n) is 3.98. The van der Waals surface area contributed by atoms with Gasteiger partial charge in [0.1, 0.15) is 5.75 Å². The highest BCUT2D eigenvalue weighted by atomic mass is 16.5. The fraction of sp³-hybridized carbons (Fsp3) is 0.100. The van der Waals surface area contributed by atoms with Crippen molar-refractivity contribution in [1.29, 1.82) is 0 Å². The number of nitrogens with two attached hydrogens (primary N) is 1. The van der Waals surface area contributed by atoms with Crippen molar-refractivity contribution in [1.82, 2.24) is 0 Å². The summed E-state index contributed by atoms with van der Waals surface area (Å²) in [6.07, 6.45) is 2.46. The van der Waals surface area contributed by atoms with Gasteiger partial charge >= 0.3 is 5.97 Å². The van der Waals surface area contributed by atoms with Crippen LogP contribution in [0.3, 0.4) is 0 Å². The van der Waals surface area contributed by atoms with Gasteiger partial charge in [0.05, 0.1) is 7.11 Å².